The molecule has 9 heteroatoms. The molecule has 18 heavy (non-hydrogen) atoms. The number of halogens is 2. The van der Waals surface area contributed by atoms with E-state index < -0.39 is 15.8 Å². The first-order valence-corrected chi connectivity index (χ1v) is 6.21. The Morgan fingerprint density at radius 1 is 1.50 bits per heavy atom. The van der Waals surface area contributed by atoms with Gasteiger partial charge in [-0.3, -0.25) is 10.1 Å². The fraction of sp³-hybridized carbons (Fsp3) is 0.222. The highest BCUT2D eigenvalue weighted by atomic mass is 32.2. The number of anilines is 1. The van der Waals surface area contributed by atoms with Gasteiger partial charge in [-0.1, -0.05) is 6.07 Å². The third-order valence-electron chi connectivity index (χ3n) is 1.72. The minimum Gasteiger partial charge on any atom is -0.486 e. The smallest absolute Gasteiger partial charge is 0.355 e. The summed E-state index contributed by atoms with van der Waals surface area (Å²) in [6.45, 7) is -0.176. The molecular weight excluding hydrogens is 268 g/mol. The molecule has 0 bridgehead atoms. The Kier molecular flexibility index (Phi) is 4.43. The zero-order valence-electron chi connectivity index (χ0n) is 9.06. The number of benzene rings is 1. The van der Waals surface area contributed by atoms with Crippen LogP contribution in [0.3, 0.4) is 0 Å². The molecule has 0 spiro atoms. The molecule has 100 valence electrons. The Morgan fingerprint density at radius 2 is 2.17 bits per heavy atom. The van der Waals surface area contributed by atoms with Crippen molar-refractivity contribution in [2.75, 3.05) is 11.3 Å². The van der Waals surface area contributed by atoms with Gasteiger partial charge in [-0.15, -0.1) is 0 Å². The van der Waals surface area contributed by atoms with Crippen molar-refractivity contribution in [1.29, 1.82) is 5.41 Å². The Labute approximate surface area is 102 Å². The van der Waals surface area contributed by atoms with E-state index in [-0.39, 0.29) is 23.9 Å². The largest absolute Gasteiger partial charge is 0.486 e. The molecule has 0 amide bonds. The van der Waals surface area contributed by atoms with Crippen molar-refractivity contribution in [3.63, 3.8) is 0 Å². The number of nitrogens with one attached hydrogen (secondary N) is 2. The van der Waals surface area contributed by atoms with E-state index in [4.69, 9.17) is 15.9 Å². The van der Waals surface area contributed by atoms with E-state index in [1.54, 1.807) is 4.72 Å². The molecule has 1 rings (SSSR count). The molecule has 0 atom stereocenters. The third kappa shape index (κ3) is 4.17. The van der Waals surface area contributed by atoms with Crippen LogP contribution in [-0.4, -0.2) is 26.6 Å². The number of hydrogen-bond donors (Lipinski definition) is 3. The van der Waals surface area contributed by atoms with Crippen molar-refractivity contribution in [1.82, 2.24) is 0 Å². The Morgan fingerprint density at radius 3 is 2.72 bits per heavy atom. The molecule has 0 aliphatic rings. The van der Waals surface area contributed by atoms with Crippen LogP contribution in [0, 0.1) is 5.41 Å². The lowest BCUT2D eigenvalue weighted by atomic mass is 10.3. The lowest BCUT2D eigenvalue weighted by Gasteiger charge is -2.09. The molecule has 0 saturated carbocycles. The van der Waals surface area contributed by atoms with Gasteiger partial charge in [0, 0.05) is 6.07 Å². The highest BCUT2D eigenvalue weighted by Crippen LogP contribution is 2.19. The van der Waals surface area contributed by atoms with Crippen LogP contribution in [0.15, 0.2) is 24.3 Å². The van der Waals surface area contributed by atoms with Gasteiger partial charge in [0.1, 0.15) is 18.2 Å². The first-order valence-electron chi connectivity index (χ1n) is 4.67. The predicted molar refractivity (Wildman–Crippen MR) is 62.4 cm³/mol. The number of hydrogen-bond acceptors (Lipinski definition) is 4. The quantitative estimate of drug-likeness (QED) is 0.533. The molecule has 0 unspecified atom stereocenters. The molecule has 1 aromatic rings. The van der Waals surface area contributed by atoms with E-state index in [9.17, 15) is 17.2 Å². The van der Waals surface area contributed by atoms with Crippen molar-refractivity contribution >= 4 is 21.5 Å². The summed E-state index contributed by atoms with van der Waals surface area (Å²) >= 11 is 0. The Balaban J connectivity index is 2.80. The number of ether oxygens (including phenoxy) is 1. The fourth-order valence-electron chi connectivity index (χ4n) is 1.02. The summed E-state index contributed by atoms with van der Waals surface area (Å²) in [5.74, 6) is -3.52. The number of amidine groups is 1. The second-order valence-corrected chi connectivity index (χ2v) is 4.90. The van der Waals surface area contributed by atoms with Crippen molar-refractivity contribution < 1.29 is 21.9 Å². The van der Waals surface area contributed by atoms with Crippen LogP contribution in [0.4, 0.5) is 14.5 Å². The average molecular weight is 279 g/mol. The first-order chi connectivity index (χ1) is 8.31. The van der Waals surface area contributed by atoms with E-state index in [1.807, 2.05) is 0 Å². The van der Waals surface area contributed by atoms with Crippen LogP contribution in [0.2, 0.25) is 0 Å². The standard InChI is InChI=1S/C9H11F2N3O3S/c10-9(11)18(15,16)14-6-2-1-3-7(4-6)17-5-8(12)13/h1-4,9,14H,5H2,(H3,12,13). The van der Waals surface area contributed by atoms with Crippen molar-refractivity contribution in [3.05, 3.63) is 24.3 Å². The molecule has 0 aromatic heterocycles. The first kappa shape index (κ1) is 14.2. The lowest BCUT2D eigenvalue weighted by molar-refractivity contribution is 0.236. The maximum Gasteiger partial charge on any atom is 0.355 e. The van der Waals surface area contributed by atoms with Gasteiger partial charge in [-0.05, 0) is 12.1 Å². The molecular formula is C9H11F2N3O3S. The van der Waals surface area contributed by atoms with Crippen molar-refractivity contribution in [3.8, 4) is 5.75 Å². The number of nitrogens with two attached hydrogens (primary N) is 1. The van der Waals surface area contributed by atoms with Gasteiger partial charge in [0.15, 0.2) is 0 Å². The van der Waals surface area contributed by atoms with Crippen molar-refractivity contribution in [2.45, 2.75) is 5.76 Å². The zero-order chi connectivity index (χ0) is 13.8. The van der Waals surface area contributed by atoms with Gasteiger partial charge in [0.25, 0.3) is 10.0 Å². The average Bonchev–Trinajstić information content (AvgIpc) is 2.26. The van der Waals surface area contributed by atoms with E-state index in [2.05, 4.69) is 0 Å². The highest BCUT2D eigenvalue weighted by Gasteiger charge is 2.23. The van der Waals surface area contributed by atoms with Crippen LogP contribution >= 0.6 is 0 Å². The van der Waals surface area contributed by atoms with Crippen LogP contribution in [-0.2, 0) is 10.0 Å². The molecule has 0 radical (unpaired) electrons. The maximum absolute atomic E-state index is 12.1. The van der Waals surface area contributed by atoms with E-state index >= 15 is 0 Å². The van der Waals surface area contributed by atoms with Crippen LogP contribution in [0.5, 0.6) is 5.75 Å². The monoisotopic (exact) mass is 279 g/mol. The van der Waals surface area contributed by atoms with Crippen molar-refractivity contribution in [2.24, 2.45) is 5.73 Å². The van der Waals surface area contributed by atoms with Gasteiger partial charge < -0.3 is 10.5 Å². The number of sulfonamides is 1. The number of rotatable bonds is 6. The SMILES string of the molecule is N=C(N)COc1cccc(NS(=O)(=O)C(F)F)c1. The highest BCUT2D eigenvalue weighted by molar-refractivity contribution is 7.93. The van der Waals surface area contributed by atoms with Gasteiger partial charge in [-0.2, -0.15) is 8.78 Å². The summed E-state index contributed by atoms with van der Waals surface area (Å²) in [6.07, 6.45) is 0. The summed E-state index contributed by atoms with van der Waals surface area (Å²) < 4.78 is 52.8. The summed E-state index contributed by atoms with van der Waals surface area (Å²) in [4.78, 5) is 0. The second kappa shape index (κ2) is 5.63. The fourth-order valence-corrected chi connectivity index (χ4v) is 1.56. The van der Waals surface area contributed by atoms with E-state index in [1.165, 1.54) is 24.3 Å². The van der Waals surface area contributed by atoms with Crippen LogP contribution in [0.1, 0.15) is 0 Å². The maximum atomic E-state index is 12.1. The van der Waals surface area contributed by atoms with E-state index in [0.717, 1.165) is 0 Å². The minimum atomic E-state index is -4.71. The molecule has 0 saturated heterocycles. The topological polar surface area (TPSA) is 105 Å². The molecule has 4 N–H and O–H groups in total. The second-order valence-electron chi connectivity index (χ2n) is 3.25. The third-order valence-corrected chi connectivity index (χ3v) is 2.71. The Bertz CT molecular complexity index is 534. The van der Waals surface area contributed by atoms with Gasteiger partial charge in [0.2, 0.25) is 0 Å². The van der Waals surface area contributed by atoms with Gasteiger partial charge in [0.05, 0.1) is 5.69 Å². The summed E-state index contributed by atoms with van der Waals surface area (Å²) in [5, 5.41) is 6.94. The molecule has 6 nitrogen and oxygen atoms in total. The normalized spacial score (nSPS) is 11.3. The molecule has 0 aliphatic heterocycles. The summed E-state index contributed by atoms with van der Waals surface area (Å²) in [7, 11) is -4.71. The van der Waals surface area contributed by atoms with E-state index in [0.29, 0.717) is 0 Å². The van der Waals surface area contributed by atoms with Crippen LogP contribution in [0.25, 0.3) is 0 Å². The summed E-state index contributed by atoms with van der Waals surface area (Å²) in [5.41, 5.74) is 5.01. The molecule has 0 fully saturated rings. The Hall–Kier alpha value is -1.90. The van der Waals surface area contributed by atoms with Crippen LogP contribution < -0.4 is 15.2 Å². The predicted octanol–water partition coefficient (Wildman–Crippen LogP) is 0.966. The zero-order valence-corrected chi connectivity index (χ0v) is 9.88. The number of alkyl halides is 2. The lowest BCUT2D eigenvalue weighted by Crippen LogP contribution is -2.21. The summed E-state index contributed by atoms with van der Waals surface area (Å²) in [6, 6.07) is 5.39. The molecule has 0 heterocycles. The molecule has 1 aromatic carbocycles. The molecule has 0 aliphatic carbocycles. The van der Waals surface area contributed by atoms with Gasteiger partial charge >= 0.3 is 5.76 Å². The van der Waals surface area contributed by atoms with Gasteiger partial charge in [-0.25, -0.2) is 8.42 Å². The minimum absolute atomic E-state index is 0.0589.